The zero-order valence-electron chi connectivity index (χ0n) is 11.8. The summed E-state index contributed by atoms with van der Waals surface area (Å²) < 4.78 is 55.2. The van der Waals surface area contributed by atoms with E-state index in [0.29, 0.717) is 5.92 Å². The molecule has 2 N–H and O–H groups in total. The van der Waals surface area contributed by atoms with Crippen LogP contribution in [0.15, 0.2) is 30.4 Å². The normalized spacial score (nSPS) is 23.6. The molecule has 1 aromatic rings. The zero-order chi connectivity index (χ0) is 16.7. The molecule has 1 atom stereocenters. The largest absolute Gasteiger partial charge is 0.427 e. The van der Waals surface area contributed by atoms with Gasteiger partial charge in [-0.25, -0.2) is 9.18 Å². The summed E-state index contributed by atoms with van der Waals surface area (Å²) in [5.41, 5.74) is -4.05. The summed E-state index contributed by atoms with van der Waals surface area (Å²) in [7, 11) is 0. The van der Waals surface area contributed by atoms with Crippen LogP contribution in [0.1, 0.15) is 18.4 Å². The van der Waals surface area contributed by atoms with Crippen molar-refractivity contribution in [3.63, 3.8) is 0 Å². The fraction of sp³-hybridized carbons (Fsp3) is 0.312. The van der Waals surface area contributed by atoms with E-state index in [4.69, 9.17) is 0 Å². The van der Waals surface area contributed by atoms with Crippen molar-refractivity contribution < 1.29 is 22.4 Å². The van der Waals surface area contributed by atoms with Crippen molar-refractivity contribution in [3.05, 3.63) is 41.7 Å². The minimum atomic E-state index is -4.98. The summed E-state index contributed by atoms with van der Waals surface area (Å²) in [4.78, 5) is 11.6. The number of alkyl halides is 3. The van der Waals surface area contributed by atoms with E-state index in [1.165, 1.54) is 18.2 Å². The number of allylic oxidation sites excluding steroid dienone is 2. The maximum Gasteiger partial charge on any atom is 0.427 e. The van der Waals surface area contributed by atoms with Gasteiger partial charge in [-0.15, -0.1) is 0 Å². The molecule has 3 nitrogen and oxygen atoms in total. The van der Waals surface area contributed by atoms with Gasteiger partial charge in [0.25, 0.3) is 0 Å². The second kappa shape index (κ2) is 5.30. The number of carbonyl (C=O) groups is 1. The van der Waals surface area contributed by atoms with Gasteiger partial charge in [-0.3, -0.25) is 0 Å². The molecule has 0 saturated heterocycles. The molecule has 0 radical (unpaired) electrons. The first-order valence-electron chi connectivity index (χ1n) is 6.98. The Morgan fingerprint density at radius 2 is 2.04 bits per heavy atom. The molecule has 1 saturated carbocycles. The minimum absolute atomic E-state index is 0.244. The van der Waals surface area contributed by atoms with Gasteiger partial charge in [0, 0.05) is 0 Å². The van der Waals surface area contributed by atoms with Gasteiger partial charge < -0.3 is 10.6 Å². The first-order valence-corrected chi connectivity index (χ1v) is 6.98. The molecule has 1 aromatic carbocycles. The number of fused-ring (bicyclic) bond motifs is 1. The number of urea groups is 1. The van der Waals surface area contributed by atoms with E-state index in [2.05, 4.69) is 11.2 Å². The van der Waals surface area contributed by atoms with Gasteiger partial charge in [0.05, 0.1) is 11.3 Å². The highest BCUT2D eigenvalue weighted by atomic mass is 19.4. The zero-order valence-corrected chi connectivity index (χ0v) is 11.8. The van der Waals surface area contributed by atoms with Crippen molar-refractivity contribution in [1.29, 1.82) is 0 Å². The molecule has 1 aliphatic carbocycles. The van der Waals surface area contributed by atoms with Crippen LogP contribution in [-0.4, -0.2) is 12.2 Å². The lowest BCUT2D eigenvalue weighted by Crippen LogP contribution is -2.59. The molecule has 2 amide bonds. The summed E-state index contributed by atoms with van der Waals surface area (Å²) in [6.07, 6.45) is 0.0195. The van der Waals surface area contributed by atoms with Crippen LogP contribution in [0.25, 0.3) is 0 Å². The molecule has 0 unspecified atom stereocenters. The molecule has 1 fully saturated rings. The highest BCUT2D eigenvalue weighted by molar-refractivity contribution is 5.94. The van der Waals surface area contributed by atoms with Crippen molar-refractivity contribution in [2.75, 3.05) is 5.32 Å². The summed E-state index contributed by atoms with van der Waals surface area (Å²) in [5, 5.41) is 3.92. The Kier molecular flexibility index (Phi) is 3.55. The number of nitrogens with one attached hydrogen (secondary N) is 2. The Bertz CT molecular complexity index is 741. The van der Waals surface area contributed by atoms with Crippen LogP contribution in [0.2, 0.25) is 0 Å². The second-order valence-electron chi connectivity index (χ2n) is 5.46. The number of carbonyl (C=O) groups excluding carboxylic acids is 1. The Hall–Kier alpha value is -2.49. The van der Waals surface area contributed by atoms with Crippen LogP contribution in [0, 0.1) is 23.6 Å². The van der Waals surface area contributed by atoms with Gasteiger partial charge >= 0.3 is 12.2 Å². The van der Waals surface area contributed by atoms with Crippen molar-refractivity contribution in [2.24, 2.45) is 5.92 Å². The summed E-state index contributed by atoms with van der Waals surface area (Å²) >= 11 is 0. The lowest BCUT2D eigenvalue weighted by atomic mass is 9.86. The van der Waals surface area contributed by atoms with E-state index in [1.807, 2.05) is 5.92 Å². The van der Waals surface area contributed by atoms with Crippen molar-refractivity contribution >= 4 is 11.7 Å². The molecule has 2 aliphatic rings. The molecule has 0 spiro atoms. The van der Waals surface area contributed by atoms with Gasteiger partial charge in [0.15, 0.2) is 0 Å². The van der Waals surface area contributed by atoms with E-state index in [9.17, 15) is 22.4 Å². The van der Waals surface area contributed by atoms with Crippen LogP contribution in [0.3, 0.4) is 0 Å². The number of hydrogen-bond donors (Lipinski definition) is 2. The summed E-state index contributed by atoms with van der Waals surface area (Å²) in [5.74, 6) is 3.57. The van der Waals surface area contributed by atoms with E-state index in [0.717, 1.165) is 18.9 Å². The van der Waals surface area contributed by atoms with E-state index < -0.39 is 29.1 Å². The van der Waals surface area contributed by atoms with Gasteiger partial charge in [0.2, 0.25) is 5.54 Å². The van der Waals surface area contributed by atoms with Gasteiger partial charge in [-0.2, -0.15) is 13.2 Å². The Labute approximate surface area is 129 Å². The van der Waals surface area contributed by atoms with Crippen LogP contribution >= 0.6 is 0 Å². The van der Waals surface area contributed by atoms with Crippen molar-refractivity contribution in [1.82, 2.24) is 5.32 Å². The fourth-order valence-corrected chi connectivity index (χ4v) is 2.40. The molecular formula is C16H12F4N2O. The molecule has 3 rings (SSSR count). The predicted molar refractivity (Wildman–Crippen MR) is 75.9 cm³/mol. The number of anilines is 1. The van der Waals surface area contributed by atoms with Gasteiger partial charge in [0.1, 0.15) is 5.82 Å². The highest BCUT2D eigenvalue weighted by Crippen LogP contribution is 2.44. The topological polar surface area (TPSA) is 41.1 Å². The quantitative estimate of drug-likeness (QED) is 0.600. The van der Waals surface area contributed by atoms with Crippen molar-refractivity contribution in [2.45, 2.75) is 24.6 Å². The molecule has 1 aliphatic heterocycles. The highest BCUT2D eigenvalue weighted by Gasteiger charge is 2.60. The number of amides is 2. The molecule has 0 aromatic heterocycles. The third kappa shape index (κ3) is 2.77. The van der Waals surface area contributed by atoms with Crippen LogP contribution < -0.4 is 10.6 Å². The average molecular weight is 324 g/mol. The molecule has 120 valence electrons. The fourth-order valence-electron chi connectivity index (χ4n) is 2.40. The Morgan fingerprint density at radius 1 is 1.30 bits per heavy atom. The van der Waals surface area contributed by atoms with Crippen LogP contribution in [0.4, 0.5) is 28.0 Å². The lowest BCUT2D eigenvalue weighted by Gasteiger charge is -2.37. The SMILES string of the molecule is O=C1Nc2cccc(F)c2[C@@](C#C/C=C/C2CC2)(C(F)(F)F)N1. The van der Waals surface area contributed by atoms with E-state index in [-0.39, 0.29) is 5.69 Å². The third-order valence-corrected chi connectivity index (χ3v) is 3.70. The van der Waals surface area contributed by atoms with Crippen LogP contribution in [-0.2, 0) is 5.54 Å². The molecule has 7 heteroatoms. The number of hydrogen-bond acceptors (Lipinski definition) is 1. The first kappa shape index (κ1) is 15.4. The van der Waals surface area contributed by atoms with Gasteiger partial charge in [-0.1, -0.05) is 24.0 Å². The monoisotopic (exact) mass is 324 g/mol. The smallest absolute Gasteiger partial charge is 0.310 e. The Morgan fingerprint density at radius 3 is 2.70 bits per heavy atom. The predicted octanol–water partition coefficient (Wildman–Crippen LogP) is 3.69. The summed E-state index contributed by atoms with van der Waals surface area (Å²) in [6.45, 7) is 0. The van der Waals surface area contributed by atoms with E-state index in [1.54, 1.807) is 11.4 Å². The standard InChI is InChI=1S/C16H12F4N2O/c17-11-5-3-6-12-13(11)15(16(18,19)20,22-14(23)21-12)9-2-1-4-10-7-8-10/h1,3-6,10H,7-8H2,(H2,21,22,23)/b4-1+/t15-/m0/s1. The van der Waals surface area contributed by atoms with Crippen LogP contribution in [0.5, 0.6) is 0 Å². The maximum atomic E-state index is 14.1. The molecular weight excluding hydrogens is 312 g/mol. The second-order valence-corrected chi connectivity index (χ2v) is 5.46. The average Bonchev–Trinajstić information content (AvgIpc) is 3.26. The summed E-state index contributed by atoms with van der Waals surface area (Å²) in [6, 6.07) is 2.25. The molecule has 1 heterocycles. The number of halogens is 4. The van der Waals surface area contributed by atoms with Gasteiger partial charge in [-0.05, 0) is 37.0 Å². The van der Waals surface area contributed by atoms with E-state index >= 15 is 0 Å². The third-order valence-electron chi connectivity index (χ3n) is 3.70. The number of benzene rings is 1. The first-order chi connectivity index (χ1) is 10.8. The minimum Gasteiger partial charge on any atom is -0.310 e. The van der Waals surface area contributed by atoms with Crippen molar-refractivity contribution in [3.8, 4) is 11.8 Å². The molecule has 23 heavy (non-hydrogen) atoms. The lowest BCUT2D eigenvalue weighted by molar-refractivity contribution is -0.179. The Balaban J connectivity index is 2.14. The maximum absolute atomic E-state index is 14.1. The number of rotatable bonds is 1. The molecule has 0 bridgehead atoms.